The van der Waals surface area contributed by atoms with Crippen LogP contribution in [0.3, 0.4) is 0 Å². The zero-order valence-corrected chi connectivity index (χ0v) is 66.7. The molecule has 0 heterocycles. The minimum absolute atomic E-state index is 0.00720. The van der Waals surface area contributed by atoms with E-state index in [2.05, 4.69) is 122 Å². The number of ether oxygens (including phenoxy) is 4. The number of amides is 1. The van der Waals surface area contributed by atoms with Crippen LogP contribution in [0, 0.1) is 30.2 Å². The molecule has 0 fully saturated rings. The second-order valence-corrected chi connectivity index (χ2v) is 28.3. The van der Waals surface area contributed by atoms with Crippen molar-refractivity contribution in [2.45, 2.75) is 65.5 Å². The summed E-state index contributed by atoms with van der Waals surface area (Å²) in [6.45, 7) is 1.23. The van der Waals surface area contributed by atoms with Crippen LogP contribution in [0.5, 0.6) is 23.0 Å². The topological polar surface area (TPSA) is 263 Å². The lowest BCUT2D eigenvalue weighted by atomic mass is 10.1. The summed E-state index contributed by atoms with van der Waals surface area (Å²) in [5, 5.41) is 49.8. The van der Waals surface area contributed by atoms with Crippen molar-refractivity contribution in [3.63, 3.8) is 0 Å². The maximum atomic E-state index is 14.4. The van der Waals surface area contributed by atoms with E-state index in [1.807, 2.05) is 6.92 Å². The van der Waals surface area contributed by atoms with Crippen LogP contribution >= 0.6 is 154 Å². The van der Waals surface area contributed by atoms with Crippen LogP contribution in [0.15, 0.2) is 124 Å². The Kier molecular flexibility index (Phi) is 34.7. The van der Waals surface area contributed by atoms with Crippen LogP contribution in [0.2, 0.25) is 25.1 Å². The molecule has 0 saturated heterocycles. The minimum atomic E-state index is -1.15. The van der Waals surface area contributed by atoms with Gasteiger partial charge in [-0.1, -0.05) is 58.0 Å². The second-order valence-electron chi connectivity index (χ2n) is 21.1. The molecule has 101 heavy (non-hydrogen) atoms. The van der Waals surface area contributed by atoms with Gasteiger partial charge in [0.05, 0.1) is 66.1 Å². The van der Waals surface area contributed by atoms with E-state index < -0.39 is 53.8 Å². The van der Waals surface area contributed by atoms with Crippen LogP contribution in [0.25, 0.3) is 0 Å². The second kappa shape index (κ2) is 41.2. The van der Waals surface area contributed by atoms with Crippen molar-refractivity contribution in [1.29, 1.82) is 0 Å². The van der Waals surface area contributed by atoms with Crippen molar-refractivity contribution in [2.24, 2.45) is 0 Å². The zero-order valence-electron chi connectivity index (χ0n) is 53.4. The molecule has 8 aromatic rings. The van der Waals surface area contributed by atoms with Crippen molar-refractivity contribution >= 4 is 206 Å². The Balaban J connectivity index is 0.000000243. The quantitative estimate of drug-likeness (QED) is 0.0217. The Morgan fingerprint density at radius 2 is 0.703 bits per heavy atom. The number of carbonyl (C=O) groups excluding carboxylic acids is 1. The molecule has 1 amide bonds. The highest BCUT2D eigenvalue weighted by Gasteiger charge is 2.21. The fourth-order valence-corrected chi connectivity index (χ4v) is 14.7. The monoisotopic (exact) mass is 1880 g/mol. The van der Waals surface area contributed by atoms with E-state index in [-0.39, 0.29) is 95.4 Å². The third-order valence-corrected chi connectivity index (χ3v) is 18.4. The fourth-order valence-electron chi connectivity index (χ4n) is 8.93. The molecular formula is C68H60Br6Cl5F4N5O13. The number of hydrogen-bond acceptors (Lipinski definition) is 13. The number of hydrogen-bond donors (Lipinski definition) is 9. The molecule has 0 bridgehead atoms. The predicted molar refractivity (Wildman–Crippen MR) is 406 cm³/mol. The summed E-state index contributed by atoms with van der Waals surface area (Å²) in [5.41, 5.74) is 5.81. The standard InChI is InChI=1S/C17H14Br2ClFN2O4.C17H15Br2ClFNO3.C17H16Br2FNO3.C17H15Cl3FNO3/c1-22-13-5-10(20)2-9(15(13)21)7-27-16-11(18)3-8(4-12(16)19)17(26)23-6-14(24)25;1-22-14-7-11(20)6-10(16(14)21)8-25-17-12(18)4-9(5-13(17)19)2-3-15(23)24;1-9-3-11(16(20)14(4-9)21-2)8-24-17-12(18)5-10(6-13(17)19)7-15(22)23;1-22-14-7-11(18)6-10(16(14)21)8-25-17-12(19)4-9(5-13(17)20)2-3-15(23)24/h2-5,22H,6-7H2,1H3,(H,23,26)(H,24,25);4-7,22H,2-3,8H2,1H3,(H,23,24);3-6,21H,7-8H2,1-2H3,(H,22,23);4-7,22H,2-3,8H2,1H3,(H,23,24). The SMILES string of the molecule is CNc1cc(C)cc(COc2c(Br)cc(CC(=O)O)cc2Br)c1F.CNc1cc(Cl)cc(COc2c(Br)cc(C(=O)NCC(=O)O)cc2Br)c1F.CNc1cc(Cl)cc(COc2c(Br)cc(CCC(=O)O)cc2Br)c1F.CNc1cc(Cl)cc(COc2c(Cl)cc(CCC(=O)O)cc2Cl)c1F. The predicted octanol–water partition coefficient (Wildman–Crippen LogP) is 20.4. The van der Waals surface area contributed by atoms with Crippen LogP contribution in [-0.4, -0.2) is 84.9 Å². The van der Waals surface area contributed by atoms with Crippen molar-refractivity contribution < 1.29 is 80.9 Å². The molecule has 9 N–H and O–H groups in total. The Morgan fingerprint density at radius 1 is 0.396 bits per heavy atom. The highest BCUT2D eigenvalue weighted by molar-refractivity contribution is 9.12. The van der Waals surface area contributed by atoms with Gasteiger partial charge >= 0.3 is 23.9 Å². The first-order valence-corrected chi connectivity index (χ1v) is 35.8. The minimum Gasteiger partial charge on any atom is -0.486 e. The van der Waals surface area contributed by atoms with Gasteiger partial charge in [-0.25, -0.2) is 17.6 Å². The average molecular weight is 1890 g/mol. The van der Waals surface area contributed by atoms with Crippen LogP contribution in [-0.2, 0) is 64.9 Å². The first kappa shape index (κ1) is 85.2. The third kappa shape index (κ3) is 26.3. The lowest BCUT2D eigenvalue weighted by Crippen LogP contribution is -2.29. The molecule has 0 saturated carbocycles. The van der Waals surface area contributed by atoms with Crippen molar-refractivity contribution in [2.75, 3.05) is 56.0 Å². The molecule has 0 aromatic heterocycles. The van der Waals surface area contributed by atoms with Crippen molar-refractivity contribution in [1.82, 2.24) is 5.32 Å². The van der Waals surface area contributed by atoms with Gasteiger partial charge in [-0.15, -0.1) is 0 Å². The normalized spacial score (nSPS) is 10.5. The number of anilines is 4. The number of rotatable bonds is 27. The maximum absolute atomic E-state index is 14.4. The van der Waals surface area contributed by atoms with Gasteiger partial charge in [-0.2, -0.15) is 0 Å². The largest absolute Gasteiger partial charge is 0.486 e. The van der Waals surface area contributed by atoms with E-state index in [0.29, 0.717) is 106 Å². The van der Waals surface area contributed by atoms with Crippen molar-refractivity contribution in [3.8, 4) is 23.0 Å². The van der Waals surface area contributed by atoms with E-state index in [0.717, 1.165) is 11.1 Å². The highest BCUT2D eigenvalue weighted by atomic mass is 79.9. The van der Waals surface area contributed by atoms with Gasteiger partial charge in [0.2, 0.25) is 0 Å². The average Bonchev–Trinajstić information content (AvgIpc) is 0.835. The first-order valence-electron chi connectivity index (χ1n) is 29.2. The number of aliphatic carboxylic acids is 4. The summed E-state index contributed by atoms with van der Waals surface area (Å²) in [4.78, 5) is 54.6. The highest BCUT2D eigenvalue weighted by Crippen LogP contribution is 2.41. The number of benzene rings is 8. The molecule has 0 aliphatic heterocycles. The lowest BCUT2D eigenvalue weighted by molar-refractivity contribution is -0.138. The molecule has 0 aliphatic rings. The molecule has 33 heteroatoms. The molecule has 0 radical (unpaired) electrons. The van der Waals surface area contributed by atoms with E-state index >= 15 is 0 Å². The number of nitrogens with one attached hydrogen (secondary N) is 5. The van der Waals surface area contributed by atoms with E-state index in [1.54, 1.807) is 76.7 Å². The van der Waals surface area contributed by atoms with E-state index in [1.165, 1.54) is 48.5 Å². The lowest BCUT2D eigenvalue weighted by Gasteiger charge is -2.14. The van der Waals surface area contributed by atoms with E-state index in [4.69, 9.17) is 97.4 Å². The number of carbonyl (C=O) groups is 5. The Bertz CT molecular complexity index is 4140. The summed E-state index contributed by atoms with van der Waals surface area (Å²) in [6.07, 6.45) is 0.618. The Morgan fingerprint density at radius 3 is 1.03 bits per heavy atom. The van der Waals surface area contributed by atoms with Gasteiger partial charge in [0, 0.05) is 83.9 Å². The number of halogens is 15. The Hall–Kier alpha value is -6.44. The smallest absolute Gasteiger partial charge is 0.322 e. The van der Waals surface area contributed by atoms with Gasteiger partial charge in [-0.05, 0) is 235 Å². The molecule has 0 unspecified atom stereocenters. The summed E-state index contributed by atoms with van der Waals surface area (Å²) in [5.74, 6) is -4.54. The van der Waals surface area contributed by atoms with E-state index in [9.17, 15) is 41.5 Å². The van der Waals surface area contributed by atoms with Crippen LogP contribution in [0.4, 0.5) is 40.3 Å². The molecule has 0 aliphatic carbocycles. The Labute approximate surface area is 653 Å². The number of aryl methyl sites for hydroxylation is 3. The fraction of sp³-hybridized carbons (Fsp3) is 0.221. The van der Waals surface area contributed by atoms with Crippen molar-refractivity contribution in [3.05, 3.63) is 222 Å². The number of carboxylic acid groups (broad SMARTS) is 4. The summed E-state index contributed by atoms with van der Waals surface area (Å²) in [7, 11) is 6.45. The summed E-state index contributed by atoms with van der Waals surface area (Å²) < 4.78 is 83.4. The molecule has 540 valence electrons. The molecular weight excluding hydrogens is 1830 g/mol. The summed E-state index contributed by atoms with van der Waals surface area (Å²) in [6, 6.07) is 25.4. The first-order chi connectivity index (χ1) is 47.7. The van der Waals surface area contributed by atoms with Crippen LogP contribution < -0.4 is 45.5 Å². The maximum Gasteiger partial charge on any atom is 0.322 e. The van der Waals surface area contributed by atoms with Gasteiger partial charge in [0.25, 0.3) is 5.91 Å². The number of carboxylic acids is 4. The molecule has 0 spiro atoms. The van der Waals surface area contributed by atoms with Gasteiger partial charge in [0.15, 0.2) is 29.0 Å². The third-order valence-electron chi connectivity index (χ3n) is 13.6. The molecule has 0 atom stereocenters. The molecule has 8 aromatic carbocycles. The van der Waals surface area contributed by atoms with Gasteiger partial charge < -0.3 is 66.0 Å². The van der Waals surface area contributed by atoms with Gasteiger partial charge in [0.1, 0.15) is 50.2 Å². The van der Waals surface area contributed by atoms with Crippen LogP contribution in [0.1, 0.15) is 67.7 Å². The summed E-state index contributed by atoms with van der Waals surface area (Å²) >= 11 is 50.4. The molecule has 18 nitrogen and oxygen atoms in total. The molecule has 8 rings (SSSR count). The van der Waals surface area contributed by atoms with Gasteiger partial charge in [-0.3, -0.25) is 24.0 Å². The zero-order chi connectivity index (χ0) is 75.1.